The minimum absolute atomic E-state index is 0.634. The third-order valence-electron chi connectivity index (χ3n) is 3.46. The molecule has 0 saturated carbocycles. The maximum absolute atomic E-state index is 12.7. The lowest BCUT2D eigenvalue weighted by Gasteiger charge is -2.25. The van der Waals surface area contributed by atoms with Crippen molar-refractivity contribution in [2.75, 3.05) is 11.4 Å². The Balaban J connectivity index is 2.14. The van der Waals surface area contributed by atoms with Crippen LogP contribution in [0.1, 0.15) is 11.1 Å². The van der Waals surface area contributed by atoms with E-state index in [0.717, 1.165) is 29.0 Å². The highest BCUT2D eigenvalue weighted by atomic mass is 35.5. The molecule has 0 aromatic heterocycles. The molecule has 0 N–H and O–H groups in total. The summed E-state index contributed by atoms with van der Waals surface area (Å²) in [6.07, 6.45) is 1.84. The zero-order valence-corrected chi connectivity index (χ0v) is 12.2. The van der Waals surface area contributed by atoms with Crippen molar-refractivity contribution in [3.63, 3.8) is 0 Å². The maximum Gasteiger partial charge on any atom is 0.152 e. The normalized spacial score (nSPS) is 18.2. The van der Waals surface area contributed by atoms with Gasteiger partial charge in [0.15, 0.2) is 11.0 Å². The highest BCUT2D eigenvalue weighted by Crippen LogP contribution is 2.30. The Hall–Kier alpha value is -1.32. The summed E-state index contributed by atoms with van der Waals surface area (Å²) in [5, 5.41) is 0.634. The number of hydrogen-bond donors (Lipinski definition) is 0. The number of hydrogen-bond acceptors (Lipinski definition) is 1. The number of benzene rings is 2. The quantitative estimate of drug-likeness (QED) is 0.726. The van der Waals surface area contributed by atoms with E-state index in [4.69, 9.17) is 11.6 Å². The average molecular weight is 292 g/mol. The van der Waals surface area contributed by atoms with E-state index in [9.17, 15) is 4.21 Å². The largest absolute Gasteiger partial charge is 0.291 e. The predicted molar refractivity (Wildman–Crippen MR) is 80.1 cm³/mol. The molecule has 3 rings (SSSR count). The van der Waals surface area contributed by atoms with Gasteiger partial charge in [-0.25, -0.2) is 4.21 Å². The number of rotatable bonds is 0. The van der Waals surface area contributed by atoms with Crippen molar-refractivity contribution in [1.29, 1.82) is 0 Å². The number of halogens is 1. The van der Waals surface area contributed by atoms with Crippen molar-refractivity contribution in [3.8, 4) is 0 Å². The Labute approximate surface area is 120 Å². The number of para-hydroxylation sites is 1. The van der Waals surface area contributed by atoms with Crippen molar-refractivity contribution >= 4 is 28.3 Å². The Bertz CT molecular complexity index is 656. The van der Waals surface area contributed by atoms with Crippen LogP contribution in [0.3, 0.4) is 0 Å². The summed E-state index contributed by atoms with van der Waals surface area (Å²) < 4.78 is 14.5. The zero-order chi connectivity index (χ0) is 13.4. The molecule has 1 unspecified atom stereocenters. The van der Waals surface area contributed by atoms with Gasteiger partial charge in [-0.3, -0.25) is 4.31 Å². The van der Waals surface area contributed by atoms with Crippen LogP contribution in [0.5, 0.6) is 0 Å². The second-order valence-electron chi connectivity index (χ2n) is 4.63. The van der Waals surface area contributed by atoms with E-state index in [-0.39, 0.29) is 0 Å². The van der Waals surface area contributed by atoms with Crippen LogP contribution in [0.4, 0.5) is 5.69 Å². The van der Waals surface area contributed by atoms with Gasteiger partial charge in [0.1, 0.15) is 0 Å². The minimum atomic E-state index is -1.21. The van der Waals surface area contributed by atoms with E-state index >= 15 is 0 Å². The van der Waals surface area contributed by atoms with Crippen molar-refractivity contribution in [2.45, 2.75) is 17.7 Å². The number of aryl methyl sites for hydroxylation is 2. The Morgan fingerprint density at radius 2 is 1.84 bits per heavy atom. The standard InChI is InChI=1S/C15H14ClNOS/c1-17-14-5-3-2-4-11(14)6-7-12-8-9-13(16)10-15(12)19(17)18/h2-5,8-10H,6-7H2,1H3. The monoisotopic (exact) mass is 291 g/mol. The van der Waals surface area contributed by atoms with Gasteiger partial charge in [-0.1, -0.05) is 35.9 Å². The van der Waals surface area contributed by atoms with E-state index in [1.54, 1.807) is 0 Å². The molecule has 4 heteroatoms. The van der Waals surface area contributed by atoms with Crippen molar-refractivity contribution in [3.05, 3.63) is 58.6 Å². The summed E-state index contributed by atoms with van der Waals surface area (Å²) in [5.74, 6) is 0. The first-order valence-corrected chi connectivity index (χ1v) is 7.67. The minimum Gasteiger partial charge on any atom is -0.291 e. The fraction of sp³-hybridized carbons (Fsp3) is 0.200. The Kier molecular flexibility index (Phi) is 3.33. The zero-order valence-electron chi connectivity index (χ0n) is 10.6. The molecule has 0 bridgehead atoms. The topological polar surface area (TPSA) is 20.3 Å². The van der Waals surface area contributed by atoms with E-state index in [1.165, 1.54) is 5.56 Å². The predicted octanol–water partition coefficient (Wildman–Crippen LogP) is 3.60. The van der Waals surface area contributed by atoms with Crippen LogP contribution in [-0.4, -0.2) is 11.3 Å². The van der Waals surface area contributed by atoms with Gasteiger partial charge in [0.2, 0.25) is 0 Å². The van der Waals surface area contributed by atoms with Crippen LogP contribution in [0.2, 0.25) is 5.02 Å². The molecule has 1 heterocycles. The second-order valence-corrected chi connectivity index (χ2v) is 6.55. The summed E-state index contributed by atoms with van der Waals surface area (Å²) in [5.41, 5.74) is 3.38. The van der Waals surface area contributed by atoms with Gasteiger partial charge in [0.25, 0.3) is 0 Å². The molecule has 19 heavy (non-hydrogen) atoms. The highest BCUT2D eigenvalue weighted by Gasteiger charge is 2.21. The van der Waals surface area contributed by atoms with Crippen molar-refractivity contribution in [2.24, 2.45) is 0 Å². The van der Waals surface area contributed by atoms with Gasteiger partial charge in [-0.15, -0.1) is 0 Å². The van der Waals surface area contributed by atoms with Crippen LogP contribution >= 0.6 is 11.6 Å². The summed E-state index contributed by atoms with van der Waals surface area (Å²) in [6, 6.07) is 13.8. The van der Waals surface area contributed by atoms with E-state index in [2.05, 4.69) is 6.07 Å². The molecule has 2 nitrogen and oxygen atoms in total. The van der Waals surface area contributed by atoms with Gasteiger partial charge in [0.05, 0.1) is 10.6 Å². The molecule has 0 fully saturated rings. The van der Waals surface area contributed by atoms with Crippen LogP contribution in [0.15, 0.2) is 47.4 Å². The fourth-order valence-corrected chi connectivity index (χ4v) is 3.94. The number of fused-ring (bicyclic) bond motifs is 2. The van der Waals surface area contributed by atoms with E-state index in [1.807, 2.05) is 47.8 Å². The van der Waals surface area contributed by atoms with Crippen LogP contribution in [-0.2, 0) is 23.8 Å². The number of nitrogens with zero attached hydrogens (tertiary/aromatic N) is 1. The first-order chi connectivity index (χ1) is 9.16. The van der Waals surface area contributed by atoms with Gasteiger partial charge in [-0.05, 0) is 42.2 Å². The van der Waals surface area contributed by atoms with E-state index in [0.29, 0.717) is 5.02 Å². The average Bonchev–Trinajstić information content (AvgIpc) is 2.43. The molecule has 2 aromatic carbocycles. The van der Waals surface area contributed by atoms with Crippen molar-refractivity contribution < 1.29 is 4.21 Å². The molecule has 1 aliphatic heterocycles. The fourth-order valence-electron chi connectivity index (χ4n) is 2.43. The Morgan fingerprint density at radius 1 is 1.11 bits per heavy atom. The first-order valence-electron chi connectivity index (χ1n) is 6.19. The molecule has 1 aliphatic rings. The van der Waals surface area contributed by atoms with Crippen LogP contribution in [0, 0.1) is 0 Å². The Morgan fingerprint density at radius 3 is 2.68 bits per heavy atom. The third-order valence-corrected chi connectivity index (χ3v) is 5.15. The summed E-state index contributed by atoms with van der Waals surface area (Å²) in [6.45, 7) is 0. The molecule has 98 valence electrons. The molecule has 2 aromatic rings. The van der Waals surface area contributed by atoms with Crippen molar-refractivity contribution in [1.82, 2.24) is 0 Å². The SMILES string of the molecule is CN1c2ccccc2CCc2ccc(Cl)cc2S1=O. The molecule has 0 radical (unpaired) electrons. The third kappa shape index (κ3) is 2.28. The lowest BCUT2D eigenvalue weighted by molar-refractivity contribution is 0.679. The lowest BCUT2D eigenvalue weighted by atomic mass is 10.0. The molecular weight excluding hydrogens is 278 g/mol. The number of anilines is 1. The molecule has 0 saturated heterocycles. The van der Waals surface area contributed by atoms with Gasteiger partial charge in [0, 0.05) is 12.1 Å². The lowest BCUT2D eigenvalue weighted by Crippen LogP contribution is -2.24. The summed E-state index contributed by atoms with van der Waals surface area (Å²) in [7, 11) is 0.655. The first kappa shape index (κ1) is 12.7. The molecule has 0 aliphatic carbocycles. The molecule has 0 spiro atoms. The van der Waals surface area contributed by atoms with Crippen LogP contribution < -0.4 is 4.31 Å². The van der Waals surface area contributed by atoms with Gasteiger partial charge >= 0.3 is 0 Å². The summed E-state index contributed by atoms with van der Waals surface area (Å²) >= 11 is 6.03. The van der Waals surface area contributed by atoms with Crippen LogP contribution in [0.25, 0.3) is 0 Å². The maximum atomic E-state index is 12.7. The second kappa shape index (κ2) is 4.99. The van der Waals surface area contributed by atoms with Gasteiger partial charge < -0.3 is 0 Å². The molecular formula is C15H14ClNOS. The smallest absolute Gasteiger partial charge is 0.152 e. The molecule has 1 atom stereocenters. The molecule has 0 amide bonds. The van der Waals surface area contributed by atoms with Gasteiger partial charge in [-0.2, -0.15) is 0 Å². The van der Waals surface area contributed by atoms with E-state index < -0.39 is 11.0 Å². The summed E-state index contributed by atoms with van der Waals surface area (Å²) in [4.78, 5) is 0.824. The highest BCUT2D eigenvalue weighted by molar-refractivity contribution is 7.86.